The molecule has 0 heterocycles. The summed E-state index contributed by atoms with van der Waals surface area (Å²) in [4.78, 5) is 12.0. The standard InChI is InChI=1S/C28H27F2N3O4/c29-28(30,22-8-13-24(14-9-22)35-17-3-1-2-16-31)37-25-11-4-20(5-12-25)6-15-27(34)36-19-21-7-10-23(32)18-26(21)33/h4-15,18H,1-3,17,19,32-33H2/b15-6+. The zero-order chi connectivity index (χ0) is 26.7. The molecule has 0 radical (unpaired) electrons. The molecule has 0 fully saturated rings. The summed E-state index contributed by atoms with van der Waals surface area (Å²) in [6.07, 6.45) is 1.05. The molecule has 0 spiro atoms. The number of carbonyl (C=O) groups excluding carboxylic acids is 1. The Morgan fingerprint density at radius 3 is 2.35 bits per heavy atom. The second kappa shape index (κ2) is 12.9. The smallest absolute Gasteiger partial charge is 0.426 e. The Morgan fingerprint density at radius 2 is 1.68 bits per heavy atom. The number of alkyl halides is 2. The Kier molecular flexibility index (Phi) is 9.44. The Morgan fingerprint density at radius 1 is 0.973 bits per heavy atom. The highest BCUT2D eigenvalue weighted by atomic mass is 19.3. The van der Waals surface area contributed by atoms with Crippen molar-refractivity contribution >= 4 is 23.4 Å². The molecule has 0 aliphatic heterocycles. The van der Waals surface area contributed by atoms with Gasteiger partial charge in [-0.1, -0.05) is 18.2 Å². The van der Waals surface area contributed by atoms with Crippen LogP contribution in [0.4, 0.5) is 20.2 Å². The van der Waals surface area contributed by atoms with Gasteiger partial charge in [0.2, 0.25) is 0 Å². The molecule has 192 valence electrons. The molecule has 0 unspecified atom stereocenters. The number of nitrogens with two attached hydrogens (primary N) is 2. The minimum Gasteiger partial charge on any atom is -0.494 e. The highest BCUT2D eigenvalue weighted by molar-refractivity contribution is 5.87. The van der Waals surface area contributed by atoms with E-state index < -0.39 is 12.1 Å². The van der Waals surface area contributed by atoms with E-state index in [-0.39, 0.29) is 17.9 Å². The third kappa shape index (κ3) is 8.54. The Hall–Kier alpha value is -4.58. The van der Waals surface area contributed by atoms with Gasteiger partial charge in [-0.3, -0.25) is 0 Å². The molecule has 0 aromatic heterocycles. The SMILES string of the molecule is N#CCCCCOc1ccc(C(F)(F)Oc2ccc(/C=C/C(=O)OCc3ccc(N)cc3N)cc2)cc1. The highest BCUT2D eigenvalue weighted by Gasteiger charge is 2.34. The van der Waals surface area contributed by atoms with Crippen LogP contribution in [-0.2, 0) is 22.2 Å². The maximum atomic E-state index is 14.6. The summed E-state index contributed by atoms with van der Waals surface area (Å²) in [5, 5.41) is 8.52. The lowest BCUT2D eigenvalue weighted by Crippen LogP contribution is -2.21. The van der Waals surface area contributed by atoms with Gasteiger partial charge in [0, 0.05) is 29.4 Å². The topological polar surface area (TPSA) is 121 Å². The summed E-state index contributed by atoms with van der Waals surface area (Å²) in [5.74, 6) is -0.165. The largest absolute Gasteiger partial charge is 0.494 e. The predicted octanol–water partition coefficient (Wildman–Crippen LogP) is 5.81. The number of nitrogen functional groups attached to an aromatic ring is 2. The van der Waals surface area contributed by atoms with Crippen molar-refractivity contribution in [1.29, 1.82) is 5.26 Å². The number of benzene rings is 3. The van der Waals surface area contributed by atoms with Gasteiger partial charge in [0.1, 0.15) is 18.1 Å². The molecule has 0 atom stereocenters. The first-order valence-electron chi connectivity index (χ1n) is 11.5. The van der Waals surface area contributed by atoms with Crippen LogP contribution in [0.2, 0.25) is 0 Å². The van der Waals surface area contributed by atoms with Gasteiger partial charge in [-0.15, -0.1) is 0 Å². The number of esters is 1. The highest BCUT2D eigenvalue weighted by Crippen LogP contribution is 2.32. The van der Waals surface area contributed by atoms with E-state index in [4.69, 9.17) is 30.9 Å². The number of nitriles is 1. The number of unbranched alkanes of at least 4 members (excludes halogenated alkanes) is 2. The zero-order valence-corrected chi connectivity index (χ0v) is 20.0. The first-order valence-corrected chi connectivity index (χ1v) is 11.5. The van der Waals surface area contributed by atoms with Crippen molar-refractivity contribution in [3.63, 3.8) is 0 Å². The monoisotopic (exact) mass is 507 g/mol. The number of ether oxygens (including phenoxy) is 3. The number of hydrogen-bond acceptors (Lipinski definition) is 7. The van der Waals surface area contributed by atoms with Gasteiger partial charge in [0.05, 0.1) is 18.2 Å². The van der Waals surface area contributed by atoms with E-state index in [2.05, 4.69) is 6.07 Å². The van der Waals surface area contributed by atoms with Gasteiger partial charge in [0.25, 0.3) is 0 Å². The molecule has 0 saturated heterocycles. The van der Waals surface area contributed by atoms with Crippen molar-refractivity contribution in [3.05, 3.63) is 89.5 Å². The second-order valence-corrected chi connectivity index (χ2v) is 8.08. The third-order valence-corrected chi connectivity index (χ3v) is 5.22. The van der Waals surface area contributed by atoms with Crippen LogP contribution < -0.4 is 20.9 Å². The quantitative estimate of drug-likeness (QED) is 0.137. The molecular weight excluding hydrogens is 480 g/mol. The lowest BCUT2D eigenvalue weighted by molar-refractivity contribution is -0.185. The van der Waals surface area contributed by atoms with Crippen LogP contribution in [-0.4, -0.2) is 12.6 Å². The molecule has 0 aliphatic carbocycles. The number of anilines is 2. The molecule has 9 heteroatoms. The van der Waals surface area contributed by atoms with E-state index in [0.717, 1.165) is 6.42 Å². The van der Waals surface area contributed by atoms with E-state index in [1.807, 2.05) is 0 Å². The van der Waals surface area contributed by atoms with Crippen molar-refractivity contribution in [3.8, 4) is 17.6 Å². The van der Waals surface area contributed by atoms with Crippen LogP contribution in [0.3, 0.4) is 0 Å². The summed E-state index contributed by atoms with van der Waals surface area (Å²) in [6, 6.07) is 18.2. The van der Waals surface area contributed by atoms with Crippen LogP contribution in [0.15, 0.2) is 72.8 Å². The van der Waals surface area contributed by atoms with E-state index in [1.165, 1.54) is 60.7 Å². The van der Waals surface area contributed by atoms with Crippen LogP contribution in [0.25, 0.3) is 6.08 Å². The fourth-order valence-electron chi connectivity index (χ4n) is 3.20. The summed E-state index contributed by atoms with van der Waals surface area (Å²) < 4.78 is 44.8. The molecule has 0 bridgehead atoms. The van der Waals surface area contributed by atoms with Crippen LogP contribution >= 0.6 is 0 Å². The van der Waals surface area contributed by atoms with Crippen molar-refractivity contribution in [1.82, 2.24) is 0 Å². The minimum atomic E-state index is -3.56. The number of rotatable bonds is 12. The minimum absolute atomic E-state index is 0.00735. The molecular formula is C28H27F2N3O4. The first kappa shape index (κ1) is 27.0. The average Bonchev–Trinajstić information content (AvgIpc) is 2.88. The zero-order valence-electron chi connectivity index (χ0n) is 20.0. The maximum absolute atomic E-state index is 14.6. The molecule has 37 heavy (non-hydrogen) atoms. The van der Waals surface area contributed by atoms with E-state index >= 15 is 0 Å². The van der Waals surface area contributed by atoms with E-state index in [0.29, 0.717) is 47.7 Å². The third-order valence-electron chi connectivity index (χ3n) is 5.22. The first-order chi connectivity index (χ1) is 17.8. The molecule has 3 aromatic carbocycles. The second-order valence-electron chi connectivity index (χ2n) is 8.08. The van der Waals surface area contributed by atoms with E-state index in [1.54, 1.807) is 18.2 Å². The fourth-order valence-corrected chi connectivity index (χ4v) is 3.20. The van der Waals surface area contributed by atoms with E-state index in [9.17, 15) is 13.6 Å². The van der Waals surface area contributed by atoms with Crippen molar-refractivity contribution in [2.75, 3.05) is 18.1 Å². The van der Waals surface area contributed by atoms with Crippen molar-refractivity contribution in [2.45, 2.75) is 32.0 Å². The summed E-state index contributed by atoms with van der Waals surface area (Å²) in [6.45, 7) is 0.399. The molecule has 0 aliphatic rings. The van der Waals surface area contributed by atoms with Crippen molar-refractivity contribution < 1.29 is 27.8 Å². The summed E-state index contributed by atoms with van der Waals surface area (Å²) in [7, 11) is 0. The van der Waals surface area contributed by atoms with Gasteiger partial charge in [-0.2, -0.15) is 14.0 Å². The predicted molar refractivity (Wildman–Crippen MR) is 136 cm³/mol. The Labute approximate surface area is 213 Å². The van der Waals surface area contributed by atoms with Crippen LogP contribution in [0.1, 0.15) is 36.0 Å². The Bertz CT molecular complexity index is 1250. The average molecular weight is 508 g/mol. The molecule has 3 aromatic rings. The summed E-state index contributed by atoms with van der Waals surface area (Å²) >= 11 is 0. The van der Waals surface area contributed by atoms with Gasteiger partial charge >= 0.3 is 12.1 Å². The van der Waals surface area contributed by atoms with Crippen LogP contribution in [0.5, 0.6) is 11.5 Å². The number of carbonyl (C=O) groups is 1. The van der Waals surface area contributed by atoms with Gasteiger partial charge < -0.3 is 25.7 Å². The normalized spacial score (nSPS) is 11.2. The summed E-state index contributed by atoms with van der Waals surface area (Å²) in [5.41, 5.74) is 13.3. The lowest BCUT2D eigenvalue weighted by Gasteiger charge is -2.18. The Balaban J connectivity index is 1.50. The van der Waals surface area contributed by atoms with Gasteiger partial charge in [-0.25, -0.2) is 4.79 Å². The number of halogens is 2. The molecule has 0 saturated carbocycles. The lowest BCUT2D eigenvalue weighted by atomic mass is 10.2. The van der Waals surface area contributed by atoms with Gasteiger partial charge in [-0.05, 0) is 73.0 Å². The molecule has 7 nitrogen and oxygen atoms in total. The van der Waals surface area contributed by atoms with Crippen molar-refractivity contribution in [2.24, 2.45) is 0 Å². The van der Waals surface area contributed by atoms with Gasteiger partial charge in [0.15, 0.2) is 0 Å². The fraction of sp³-hybridized carbons (Fsp3) is 0.214. The molecule has 0 amide bonds. The molecule has 4 N–H and O–H groups in total. The molecule has 3 rings (SSSR count). The number of hydrogen-bond donors (Lipinski definition) is 2. The number of nitrogens with zero attached hydrogens (tertiary/aromatic N) is 1. The maximum Gasteiger partial charge on any atom is 0.426 e. The van der Waals surface area contributed by atoms with Crippen LogP contribution in [0, 0.1) is 11.3 Å².